The van der Waals surface area contributed by atoms with Gasteiger partial charge >= 0.3 is 0 Å². The second-order valence-corrected chi connectivity index (χ2v) is 5.31. The fourth-order valence-corrected chi connectivity index (χ4v) is 2.39. The summed E-state index contributed by atoms with van der Waals surface area (Å²) in [4.78, 5) is 21.4. The Morgan fingerprint density at radius 3 is 2.39 bits per heavy atom. The van der Waals surface area contributed by atoms with E-state index in [1.807, 2.05) is 61.5 Å². The maximum atomic E-state index is 12.8. The zero-order valence-electron chi connectivity index (χ0n) is 12.8. The molecule has 0 bridgehead atoms. The lowest BCUT2D eigenvalue weighted by molar-refractivity contribution is -0.116. The highest BCUT2D eigenvalue weighted by molar-refractivity contribution is 5.97. The molecule has 0 aliphatic heterocycles. The van der Waals surface area contributed by atoms with E-state index in [2.05, 4.69) is 15.3 Å². The molecule has 0 saturated carbocycles. The van der Waals surface area contributed by atoms with E-state index in [4.69, 9.17) is 0 Å². The van der Waals surface area contributed by atoms with Crippen molar-refractivity contribution in [2.45, 2.75) is 12.8 Å². The molecular formula is C19H17N3O. The first kappa shape index (κ1) is 14.9. The Balaban J connectivity index is 1.92. The minimum atomic E-state index is -0.472. The Bertz CT molecular complexity index is 731. The summed E-state index contributed by atoms with van der Waals surface area (Å²) in [7, 11) is 0. The zero-order chi connectivity index (χ0) is 16.1. The van der Waals surface area contributed by atoms with Crippen molar-refractivity contribution < 1.29 is 4.79 Å². The van der Waals surface area contributed by atoms with Crippen LogP contribution in [0.1, 0.15) is 22.7 Å². The highest BCUT2D eigenvalue weighted by atomic mass is 16.2. The standard InChI is InChI=1S/C19H17N3O/c1-14-10-11-17(21-13-14)22-19(23)18(15-7-3-2-4-8-15)16-9-5-6-12-20-16/h2-13,18H,1H3,(H,21,22,23). The van der Waals surface area contributed by atoms with Gasteiger partial charge in [0.15, 0.2) is 0 Å². The number of hydrogen-bond acceptors (Lipinski definition) is 3. The van der Waals surface area contributed by atoms with Crippen molar-refractivity contribution in [3.63, 3.8) is 0 Å². The molecule has 1 aromatic carbocycles. The molecule has 1 N–H and O–H groups in total. The number of carbonyl (C=O) groups is 1. The summed E-state index contributed by atoms with van der Waals surface area (Å²) in [5.41, 5.74) is 2.66. The quantitative estimate of drug-likeness (QED) is 0.802. The van der Waals surface area contributed by atoms with Crippen LogP contribution in [0.4, 0.5) is 5.82 Å². The van der Waals surface area contributed by atoms with E-state index in [9.17, 15) is 4.79 Å². The monoisotopic (exact) mass is 303 g/mol. The van der Waals surface area contributed by atoms with Gasteiger partial charge in [-0.25, -0.2) is 4.98 Å². The summed E-state index contributed by atoms with van der Waals surface area (Å²) in [6.07, 6.45) is 3.43. The third kappa shape index (κ3) is 3.61. The Labute approximate surface area is 135 Å². The topological polar surface area (TPSA) is 54.9 Å². The van der Waals surface area contributed by atoms with Gasteiger partial charge in [0.1, 0.15) is 11.7 Å². The van der Waals surface area contributed by atoms with Crippen LogP contribution in [-0.4, -0.2) is 15.9 Å². The fourth-order valence-electron chi connectivity index (χ4n) is 2.39. The molecule has 1 amide bonds. The predicted octanol–water partition coefficient (Wildman–Crippen LogP) is 3.56. The number of aryl methyl sites for hydroxylation is 1. The molecule has 4 heteroatoms. The first-order valence-electron chi connectivity index (χ1n) is 7.43. The van der Waals surface area contributed by atoms with Crippen molar-refractivity contribution in [2.24, 2.45) is 0 Å². The molecule has 0 aliphatic rings. The molecule has 0 aliphatic carbocycles. The van der Waals surface area contributed by atoms with E-state index in [1.165, 1.54) is 0 Å². The summed E-state index contributed by atoms with van der Waals surface area (Å²) in [6, 6.07) is 18.9. The number of benzene rings is 1. The van der Waals surface area contributed by atoms with E-state index < -0.39 is 5.92 Å². The van der Waals surface area contributed by atoms with Crippen LogP contribution in [-0.2, 0) is 4.79 Å². The Morgan fingerprint density at radius 2 is 1.74 bits per heavy atom. The molecule has 2 heterocycles. The van der Waals surface area contributed by atoms with Crippen LogP contribution in [0.25, 0.3) is 0 Å². The molecule has 1 unspecified atom stereocenters. The molecule has 3 aromatic rings. The van der Waals surface area contributed by atoms with Gasteiger partial charge in [-0.3, -0.25) is 9.78 Å². The smallest absolute Gasteiger partial charge is 0.239 e. The van der Waals surface area contributed by atoms with Gasteiger partial charge in [0.05, 0.1) is 5.69 Å². The summed E-state index contributed by atoms with van der Waals surface area (Å²) < 4.78 is 0. The van der Waals surface area contributed by atoms with Gasteiger partial charge in [0, 0.05) is 12.4 Å². The molecule has 114 valence electrons. The van der Waals surface area contributed by atoms with Gasteiger partial charge in [-0.2, -0.15) is 0 Å². The van der Waals surface area contributed by atoms with Gasteiger partial charge in [-0.1, -0.05) is 42.5 Å². The average molecular weight is 303 g/mol. The van der Waals surface area contributed by atoms with Crippen LogP contribution >= 0.6 is 0 Å². The van der Waals surface area contributed by atoms with Crippen LogP contribution in [0.2, 0.25) is 0 Å². The number of rotatable bonds is 4. The van der Waals surface area contributed by atoms with Crippen molar-refractivity contribution in [2.75, 3.05) is 5.32 Å². The Kier molecular flexibility index (Phi) is 4.43. The number of anilines is 1. The molecule has 4 nitrogen and oxygen atoms in total. The summed E-state index contributed by atoms with van der Waals surface area (Å²) in [6.45, 7) is 1.96. The first-order chi connectivity index (χ1) is 11.2. The maximum absolute atomic E-state index is 12.8. The highest BCUT2D eigenvalue weighted by Crippen LogP contribution is 2.24. The van der Waals surface area contributed by atoms with Crippen LogP contribution in [0.15, 0.2) is 73.1 Å². The first-order valence-corrected chi connectivity index (χ1v) is 7.43. The third-order valence-corrected chi connectivity index (χ3v) is 3.54. The van der Waals surface area contributed by atoms with Crippen molar-refractivity contribution in [3.05, 3.63) is 89.9 Å². The van der Waals surface area contributed by atoms with E-state index in [-0.39, 0.29) is 5.91 Å². The van der Waals surface area contributed by atoms with Crippen molar-refractivity contribution in [1.82, 2.24) is 9.97 Å². The normalized spacial score (nSPS) is 11.7. The van der Waals surface area contributed by atoms with Crippen LogP contribution in [0.5, 0.6) is 0 Å². The molecule has 0 spiro atoms. The largest absolute Gasteiger partial charge is 0.310 e. The molecular weight excluding hydrogens is 286 g/mol. The predicted molar refractivity (Wildman–Crippen MR) is 90.1 cm³/mol. The van der Waals surface area contributed by atoms with Gasteiger partial charge in [0.2, 0.25) is 5.91 Å². The maximum Gasteiger partial charge on any atom is 0.239 e. The number of hydrogen-bond donors (Lipinski definition) is 1. The van der Waals surface area contributed by atoms with Crippen molar-refractivity contribution >= 4 is 11.7 Å². The summed E-state index contributed by atoms with van der Waals surface area (Å²) in [5.74, 6) is -0.0794. The number of carbonyl (C=O) groups excluding carboxylic acids is 1. The molecule has 1 atom stereocenters. The Hall–Kier alpha value is -3.01. The van der Waals surface area contributed by atoms with Crippen molar-refractivity contribution in [3.8, 4) is 0 Å². The van der Waals surface area contributed by atoms with Crippen molar-refractivity contribution in [1.29, 1.82) is 0 Å². The lowest BCUT2D eigenvalue weighted by Crippen LogP contribution is -2.23. The van der Waals surface area contributed by atoms with Gasteiger partial charge in [0.25, 0.3) is 0 Å². The molecule has 2 aromatic heterocycles. The number of pyridine rings is 2. The zero-order valence-corrected chi connectivity index (χ0v) is 12.8. The number of nitrogens with zero attached hydrogens (tertiary/aromatic N) is 2. The average Bonchev–Trinajstić information content (AvgIpc) is 2.59. The molecule has 0 saturated heterocycles. The van der Waals surface area contributed by atoms with E-state index in [0.29, 0.717) is 11.5 Å². The summed E-state index contributed by atoms with van der Waals surface area (Å²) in [5, 5.41) is 2.88. The number of nitrogens with one attached hydrogen (secondary N) is 1. The molecule has 23 heavy (non-hydrogen) atoms. The van der Waals surface area contributed by atoms with Crippen LogP contribution < -0.4 is 5.32 Å². The Morgan fingerprint density at radius 1 is 0.957 bits per heavy atom. The van der Waals surface area contributed by atoms with Gasteiger partial charge in [-0.15, -0.1) is 0 Å². The SMILES string of the molecule is Cc1ccc(NC(=O)C(c2ccccc2)c2ccccn2)nc1. The van der Waals surface area contributed by atoms with E-state index in [0.717, 1.165) is 11.1 Å². The number of aromatic nitrogens is 2. The second-order valence-electron chi connectivity index (χ2n) is 5.31. The van der Waals surface area contributed by atoms with Crippen LogP contribution in [0, 0.1) is 6.92 Å². The lowest BCUT2D eigenvalue weighted by atomic mass is 9.94. The lowest BCUT2D eigenvalue weighted by Gasteiger charge is -2.16. The molecule has 0 radical (unpaired) electrons. The minimum Gasteiger partial charge on any atom is -0.310 e. The third-order valence-electron chi connectivity index (χ3n) is 3.54. The van der Waals surface area contributed by atoms with E-state index >= 15 is 0 Å². The fraction of sp³-hybridized carbons (Fsp3) is 0.105. The van der Waals surface area contributed by atoms with Gasteiger partial charge < -0.3 is 5.32 Å². The highest BCUT2D eigenvalue weighted by Gasteiger charge is 2.24. The number of amides is 1. The minimum absolute atomic E-state index is 0.147. The summed E-state index contributed by atoms with van der Waals surface area (Å²) >= 11 is 0. The molecule has 3 rings (SSSR count). The second kappa shape index (κ2) is 6.83. The van der Waals surface area contributed by atoms with E-state index in [1.54, 1.807) is 18.5 Å². The van der Waals surface area contributed by atoms with Crippen LogP contribution in [0.3, 0.4) is 0 Å². The van der Waals surface area contributed by atoms with Gasteiger partial charge in [-0.05, 0) is 36.2 Å². The molecule has 0 fully saturated rings.